The fourth-order valence-electron chi connectivity index (χ4n) is 1.27. The van der Waals surface area contributed by atoms with Gasteiger partial charge in [0.25, 0.3) is 5.69 Å². The van der Waals surface area contributed by atoms with Crippen LogP contribution in [0.5, 0.6) is 0 Å². The highest BCUT2D eigenvalue weighted by molar-refractivity contribution is 5.78. The fraction of sp³-hybridized carbons (Fsp3) is 0.300. The maximum absolute atomic E-state index is 11.4. The number of azide groups is 1. The molecule has 0 unspecified atom stereocenters. The highest BCUT2D eigenvalue weighted by Gasteiger charge is 2.06. The van der Waals surface area contributed by atoms with E-state index in [1.165, 1.54) is 24.3 Å². The Hall–Kier alpha value is -2.60. The van der Waals surface area contributed by atoms with E-state index in [1.54, 1.807) is 0 Å². The van der Waals surface area contributed by atoms with Crippen LogP contribution < -0.4 is 5.32 Å². The molecule has 0 aromatic heterocycles. The molecule has 0 aliphatic carbocycles. The summed E-state index contributed by atoms with van der Waals surface area (Å²) in [7, 11) is 0. The number of nitrogens with one attached hydrogen (secondary N) is 1. The lowest BCUT2D eigenvalue weighted by molar-refractivity contribution is -0.384. The minimum atomic E-state index is -0.496. The van der Waals surface area contributed by atoms with Gasteiger partial charge in [-0.2, -0.15) is 0 Å². The molecule has 1 aromatic carbocycles. The summed E-state index contributed by atoms with van der Waals surface area (Å²) in [6, 6.07) is 5.77. The molecule has 0 bridgehead atoms. The molecule has 1 amide bonds. The average Bonchev–Trinajstić information content (AvgIpc) is 2.35. The number of benzene rings is 1. The maximum atomic E-state index is 11.4. The molecule has 0 atom stereocenters. The van der Waals surface area contributed by atoms with Crippen molar-refractivity contribution in [3.63, 3.8) is 0 Å². The molecule has 1 N–H and O–H groups in total. The number of nitro groups is 1. The number of hydrogen-bond donors (Lipinski definition) is 1. The smallest absolute Gasteiger partial charge is 0.269 e. The maximum Gasteiger partial charge on any atom is 0.269 e. The van der Waals surface area contributed by atoms with Crippen molar-refractivity contribution in [2.24, 2.45) is 5.11 Å². The molecule has 0 saturated heterocycles. The van der Waals surface area contributed by atoms with Crippen LogP contribution in [0.2, 0.25) is 0 Å². The number of carbonyl (C=O) groups is 1. The van der Waals surface area contributed by atoms with Gasteiger partial charge in [0.2, 0.25) is 5.91 Å². The van der Waals surface area contributed by atoms with Gasteiger partial charge in [-0.15, -0.1) is 0 Å². The van der Waals surface area contributed by atoms with E-state index in [9.17, 15) is 14.9 Å². The monoisotopic (exact) mass is 249 g/mol. The molecule has 0 fully saturated rings. The quantitative estimate of drug-likeness (QED) is 0.205. The van der Waals surface area contributed by atoms with Gasteiger partial charge in [0.15, 0.2) is 0 Å². The summed E-state index contributed by atoms with van der Waals surface area (Å²) >= 11 is 0. The molecule has 1 aromatic rings. The Bertz CT molecular complexity index is 479. The van der Waals surface area contributed by atoms with Crippen molar-refractivity contribution in [1.29, 1.82) is 0 Å². The highest BCUT2D eigenvalue weighted by Crippen LogP contribution is 2.12. The summed E-state index contributed by atoms with van der Waals surface area (Å²) in [4.78, 5) is 23.9. The second-order valence-electron chi connectivity index (χ2n) is 3.40. The molecule has 0 aliphatic rings. The first-order valence-corrected chi connectivity index (χ1v) is 5.14. The summed E-state index contributed by atoms with van der Waals surface area (Å²) in [6.45, 7) is 0.471. The van der Waals surface area contributed by atoms with Crippen molar-refractivity contribution in [3.05, 3.63) is 50.4 Å². The Morgan fingerprint density at radius 2 is 2.11 bits per heavy atom. The van der Waals surface area contributed by atoms with Gasteiger partial charge >= 0.3 is 0 Å². The van der Waals surface area contributed by atoms with Crippen LogP contribution in [0.4, 0.5) is 5.69 Å². The average molecular weight is 249 g/mol. The van der Waals surface area contributed by atoms with Gasteiger partial charge in [0.1, 0.15) is 0 Å². The minimum Gasteiger partial charge on any atom is -0.356 e. The molecular weight excluding hydrogens is 238 g/mol. The van der Waals surface area contributed by atoms with Crippen LogP contribution in [0.3, 0.4) is 0 Å². The van der Waals surface area contributed by atoms with Crippen LogP contribution >= 0.6 is 0 Å². The van der Waals surface area contributed by atoms with Crippen molar-refractivity contribution >= 4 is 11.6 Å². The molecule has 0 heterocycles. The van der Waals surface area contributed by atoms with Gasteiger partial charge in [0.05, 0.1) is 11.3 Å². The Morgan fingerprint density at radius 1 is 1.44 bits per heavy atom. The summed E-state index contributed by atoms with van der Waals surface area (Å²) < 4.78 is 0. The SMILES string of the molecule is [N-]=[N+]=NCCNC(=O)Cc1ccc([N+](=O)[O-])cc1. The molecule has 0 radical (unpaired) electrons. The van der Waals surface area contributed by atoms with Crippen LogP contribution in [0.25, 0.3) is 10.4 Å². The second kappa shape index (κ2) is 6.87. The van der Waals surface area contributed by atoms with E-state index in [4.69, 9.17) is 5.53 Å². The number of rotatable bonds is 6. The van der Waals surface area contributed by atoms with E-state index < -0.39 is 4.92 Å². The van der Waals surface area contributed by atoms with Gasteiger partial charge in [-0.3, -0.25) is 14.9 Å². The Labute approximate surface area is 102 Å². The molecule has 8 nitrogen and oxygen atoms in total. The van der Waals surface area contributed by atoms with Crippen LogP contribution in [0, 0.1) is 10.1 Å². The van der Waals surface area contributed by atoms with Crippen LogP contribution in [-0.2, 0) is 11.2 Å². The number of hydrogen-bond acceptors (Lipinski definition) is 4. The highest BCUT2D eigenvalue weighted by atomic mass is 16.6. The predicted molar refractivity (Wildman–Crippen MR) is 63.8 cm³/mol. The second-order valence-corrected chi connectivity index (χ2v) is 3.40. The molecule has 18 heavy (non-hydrogen) atoms. The number of non-ortho nitro benzene ring substituents is 1. The van der Waals surface area contributed by atoms with Gasteiger partial charge < -0.3 is 5.32 Å². The number of amides is 1. The summed E-state index contributed by atoms with van der Waals surface area (Å²) in [6.07, 6.45) is 0.133. The lowest BCUT2D eigenvalue weighted by Gasteiger charge is -2.03. The third-order valence-electron chi connectivity index (χ3n) is 2.11. The zero-order chi connectivity index (χ0) is 13.4. The third kappa shape index (κ3) is 4.50. The van der Waals surface area contributed by atoms with E-state index in [1.807, 2.05) is 0 Å². The van der Waals surface area contributed by atoms with Crippen molar-refractivity contribution in [3.8, 4) is 0 Å². The zero-order valence-electron chi connectivity index (χ0n) is 9.44. The van der Waals surface area contributed by atoms with Crippen LogP contribution in [0.1, 0.15) is 5.56 Å². The normalized spacial score (nSPS) is 9.33. The molecule has 0 saturated carbocycles. The van der Waals surface area contributed by atoms with Crippen molar-refractivity contribution < 1.29 is 9.72 Å². The summed E-state index contributed by atoms with van der Waals surface area (Å²) in [5, 5.41) is 16.3. The number of nitrogens with zero attached hydrogens (tertiary/aromatic N) is 4. The van der Waals surface area contributed by atoms with E-state index >= 15 is 0 Å². The van der Waals surface area contributed by atoms with Crippen molar-refractivity contribution in [1.82, 2.24) is 5.32 Å². The van der Waals surface area contributed by atoms with Gasteiger partial charge in [0, 0.05) is 30.1 Å². The molecule has 0 aliphatic heterocycles. The van der Waals surface area contributed by atoms with E-state index in [0.29, 0.717) is 5.56 Å². The zero-order valence-corrected chi connectivity index (χ0v) is 9.44. The predicted octanol–water partition coefficient (Wildman–Crippen LogP) is 1.56. The van der Waals surface area contributed by atoms with Gasteiger partial charge in [-0.1, -0.05) is 17.2 Å². The Kier molecular flexibility index (Phi) is 5.14. The fourth-order valence-corrected chi connectivity index (χ4v) is 1.27. The van der Waals surface area contributed by atoms with Crippen molar-refractivity contribution in [2.75, 3.05) is 13.1 Å². The summed E-state index contributed by atoms with van der Waals surface area (Å²) in [5.41, 5.74) is 8.70. The first-order chi connectivity index (χ1) is 8.63. The Morgan fingerprint density at radius 3 is 2.67 bits per heavy atom. The molecule has 1 rings (SSSR count). The topological polar surface area (TPSA) is 121 Å². The van der Waals surface area contributed by atoms with Crippen molar-refractivity contribution in [2.45, 2.75) is 6.42 Å². The standard InChI is InChI=1S/C10H11N5O3/c11-14-13-6-5-12-10(16)7-8-1-3-9(4-2-8)15(17)18/h1-4H,5-7H2,(H,12,16). The van der Waals surface area contributed by atoms with E-state index in [-0.39, 0.29) is 31.1 Å². The van der Waals surface area contributed by atoms with Crippen LogP contribution in [-0.4, -0.2) is 23.9 Å². The third-order valence-corrected chi connectivity index (χ3v) is 2.11. The molecule has 0 spiro atoms. The van der Waals surface area contributed by atoms with Gasteiger partial charge in [-0.25, -0.2) is 0 Å². The Balaban J connectivity index is 2.44. The number of nitro benzene ring substituents is 1. The van der Waals surface area contributed by atoms with E-state index in [2.05, 4.69) is 15.3 Å². The van der Waals surface area contributed by atoms with Crippen LogP contribution in [0.15, 0.2) is 29.4 Å². The first kappa shape index (κ1) is 13.5. The molecule has 94 valence electrons. The first-order valence-electron chi connectivity index (χ1n) is 5.14. The number of carbonyl (C=O) groups excluding carboxylic acids is 1. The van der Waals surface area contributed by atoms with Gasteiger partial charge in [-0.05, 0) is 11.1 Å². The largest absolute Gasteiger partial charge is 0.356 e. The van der Waals surface area contributed by atoms with E-state index in [0.717, 1.165) is 0 Å². The lowest BCUT2D eigenvalue weighted by Crippen LogP contribution is -2.27. The molecular formula is C10H11N5O3. The minimum absolute atomic E-state index is 0.0116. The lowest BCUT2D eigenvalue weighted by atomic mass is 10.1. The molecule has 8 heteroatoms. The summed E-state index contributed by atoms with van der Waals surface area (Å²) in [5.74, 6) is -0.225.